The number of hydrogen-bond donors (Lipinski definition) is 2. The van der Waals surface area contributed by atoms with Crippen LogP contribution in [0.15, 0.2) is 60.9 Å². The van der Waals surface area contributed by atoms with Crippen LogP contribution in [0.4, 0.5) is 11.6 Å². The van der Waals surface area contributed by atoms with Crippen molar-refractivity contribution in [2.75, 3.05) is 11.5 Å². The standard InChI is InChI=1S/C25H26ClN5O/c26-22-13-29-25(28)30-24(22)21-14-31(23-7-2-1-6-20(21)23)18-8-10-19(11-9-18)32-15-16-4-3-5-17(27)12-16/h1-7,12-14,18-19H,8-11,15,27H2,(H2,28,29,30). The number of fused-ring (bicyclic) bond motifs is 1. The van der Waals surface area contributed by atoms with Gasteiger partial charge in [0.2, 0.25) is 5.95 Å². The maximum atomic E-state index is 6.43. The maximum Gasteiger partial charge on any atom is 0.220 e. The van der Waals surface area contributed by atoms with Crippen molar-refractivity contribution in [3.05, 3.63) is 71.5 Å². The van der Waals surface area contributed by atoms with Gasteiger partial charge < -0.3 is 20.8 Å². The zero-order valence-electron chi connectivity index (χ0n) is 17.7. The molecule has 2 aromatic heterocycles. The van der Waals surface area contributed by atoms with Gasteiger partial charge in [0.15, 0.2) is 0 Å². The zero-order valence-corrected chi connectivity index (χ0v) is 18.5. The second kappa shape index (κ2) is 8.81. The fourth-order valence-electron chi connectivity index (χ4n) is 4.65. The Kier molecular flexibility index (Phi) is 5.72. The van der Waals surface area contributed by atoms with E-state index in [0.717, 1.165) is 47.9 Å². The summed E-state index contributed by atoms with van der Waals surface area (Å²) in [4.78, 5) is 8.42. The lowest BCUT2D eigenvalue weighted by atomic mass is 9.92. The molecule has 0 unspecified atom stereocenters. The molecule has 2 heterocycles. The summed E-state index contributed by atoms with van der Waals surface area (Å²) >= 11 is 6.43. The van der Waals surface area contributed by atoms with Crippen LogP contribution in [0.1, 0.15) is 37.3 Å². The first-order chi connectivity index (χ1) is 15.6. The van der Waals surface area contributed by atoms with E-state index in [1.165, 1.54) is 5.52 Å². The number of nitrogens with two attached hydrogens (primary N) is 2. The molecule has 0 amide bonds. The van der Waals surface area contributed by atoms with Gasteiger partial charge in [-0.15, -0.1) is 0 Å². The monoisotopic (exact) mass is 447 g/mol. The first-order valence-corrected chi connectivity index (χ1v) is 11.3. The summed E-state index contributed by atoms with van der Waals surface area (Å²) < 4.78 is 8.55. The summed E-state index contributed by atoms with van der Waals surface area (Å²) in [5.41, 5.74) is 16.5. The van der Waals surface area contributed by atoms with Gasteiger partial charge in [-0.2, -0.15) is 0 Å². The van der Waals surface area contributed by atoms with Crippen LogP contribution in [0.5, 0.6) is 0 Å². The van der Waals surface area contributed by atoms with Crippen LogP contribution in [0.2, 0.25) is 5.02 Å². The molecule has 1 saturated carbocycles. The van der Waals surface area contributed by atoms with Crippen LogP contribution in [-0.4, -0.2) is 20.6 Å². The van der Waals surface area contributed by atoms with Crippen LogP contribution in [-0.2, 0) is 11.3 Å². The quantitative estimate of drug-likeness (QED) is 0.387. The maximum absolute atomic E-state index is 6.43. The van der Waals surface area contributed by atoms with E-state index >= 15 is 0 Å². The van der Waals surface area contributed by atoms with E-state index in [9.17, 15) is 0 Å². The highest BCUT2D eigenvalue weighted by Crippen LogP contribution is 2.39. The molecule has 32 heavy (non-hydrogen) atoms. The van der Waals surface area contributed by atoms with Gasteiger partial charge >= 0.3 is 0 Å². The van der Waals surface area contributed by atoms with Crippen LogP contribution >= 0.6 is 11.6 Å². The van der Waals surface area contributed by atoms with Crippen LogP contribution < -0.4 is 11.5 Å². The summed E-state index contributed by atoms with van der Waals surface area (Å²) in [6, 6.07) is 16.7. The third-order valence-electron chi connectivity index (χ3n) is 6.23. The van der Waals surface area contributed by atoms with Crippen molar-refractivity contribution in [1.82, 2.24) is 14.5 Å². The molecule has 1 aliphatic carbocycles. The minimum atomic E-state index is 0.221. The van der Waals surface area contributed by atoms with Crippen molar-refractivity contribution in [2.45, 2.75) is 44.4 Å². The Hall–Kier alpha value is -3.09. The number of para-hydroxylation sites is 1. The van der Waals surface area contributed by atoms with Gasteiger partial charge in [-0.05, 0) is 49.4 Å². The van der Waals surface area contributed by atoms with Crippen molar-refractivity contribution in [1.29, 1.82) is 0 Å². The smallest absolute Gasteiger partial charge is 0.220 e. The molecule has 164 valence electrons. The molecule has 0 radical (unpaired) electrons. The molecule has 5 rings (SSSR count). The molecule has 0 atom stereocenters. The van der Waals surface area contributed by atoms with Gasteiger partial charge in [0.25, 0.3) is 0 Å². The van der Waals surface area contributed by atoms with Crippen molar-refractivity contribution >= 4 is 34.1 Å². The summed E-state index contributed by atoms with van der Waals surface area (Å²) in [6.07, 6.45) is 8.15. The first kappa shape index (κ1) is 20.8. The van der Waals surface area contributed by atoms with Gasteiger partial charge in [0.1, 0.15) is 0 Å². The van der Waals surface area contributed by atoms with Crippen LogP contribution in [0.25, 0.3) is 22.2 Å². The number of aromatic nitrogens is 3. The number of hydrogen-bond acceptors (Lipinski definition) is 5. The SMILES string of the molecule is Nc1cccc(COC2CCC(n3cc(-c4nc(N)ncc4Cl)c4ccccc43)CC2)c1. The summed E-state index contributed by atoms with van der Waals surface area (Å²) in [5.74, 6) is 0.221. The Balaban J connectivity index is 1.34. The average Bonchev–Trinajstić information content (AvgIpc) is 3.19. The van der Waals surface area contributed by atoms with Crippen molar-refractivity contribution in [3.63, 3.8) is 0 Å². The Labute approximate surface area is 192 Å². The average molecular weight is 448 g/mol. The van der Waals surface area contributed by atoms with E-state index in [1.807, 2.05) is 24.3 Å². The molecule has 1 aliphatic rings. The lowest BCUT2D eigenvalue weighted by Crippen LogP contribution is -2.23. The van der Waals surface area contributed by atoms with Gasteiger partial charge in [-0.25, -0.2) is 9.97 Å². The van der Waals surface area contributed by atoms with E-state index in [1.54, 1.807) is 6.20 Å². The van der Waals surface area contributed by atoms with E-state index in [2.05, 4.69) is 45.0 Å². The van der Waals surface area contributed by atoms with Crippen molar-refractivity contribution in [2.24, 2.45) is 0 Å². The minimum absolute atomic E-state index is 0.221. The molecule has 7 heteroatoms. The molecule has 0 saturated heterocycles. The molecular weight excluding hydrogens is 422 g/mol. The predicted octanol–water partition coefficient (Wildman–Crippen LogP) is 5.62. The number of benzene rings is 2. The lowest BCUT2D eigenvalue weighted by Gasteiger charge is -2.30. The molecule has 4 N–H and O–H groups in total. The Bertz CT molecular complexity index is 1250. The number of halogens is 1. The van der Waals surface area contributed by atoms with Crippen LogP contribution in [0, 0.1) is 0 Å². The predicted molar refractivity (Wildman–Crippen MR) is 129 cm³/mol. The highest BCUT2D eigenvalue weighted by atomic mass is 35.5. The number of rotatable bonds is 5. The molecule has 4 aromatic rings. The number of nitrogens with zero attached hydrogens (tertiary/aromatic N) is 3. The third kappa shape index (κ3) is 4.16. The Morgan fingerprint density at radius 1 is 1.03 bits per heavy atom. The molecule has 1 fully saturated rings. The summed E-state index contributed by atoms with van der Waals surface area (Å²) in [7, 11) is 0. The Morgan fingerprint density at radius 2 is 1.84 bits per heavy atom. The molecule has 0 aliphatic heterocycles. The van der Waals surface area contributed by atoms with E-state index in [-0.39, 0.29) is 12.1 Å². The van der Waals surface area contributed by atoms with Gasteiger partial charge in [-0.1, -0.05) is 41.9 Å². The van der Waals surface area contributed by atoms with E-state index in [4.69, 9.17) is 27.8 Å². The van der Waals surface area contributed by atoms with Crippen molar-refractivity contribution in [3.8, 4) is 11.3 Å². The van der Waals surface area contributed by atoms with E-state index in [0.29, 0.717) is 23.4 Å². The molecule has 0 spiro atoms. The van der Waals surface area contributed by atoms with Gasteiger partial charge in [0.05, 0.1) is 29.6 Å². The highest BCUT2D eigenvalue weighted by Gasteiger charge is 2.25. The van der Waals surface area contributed by atoms with Gasteiger partial charge in [0, 0.05) is 34.4 Å². The number of ether oxygens (including phenoxy) is 1. The zero-order chi connectivity index (χ0) is 22.1. The topological polar surface area (TPSA) is 92.0 Å². The third-order valence-corrected chi connectivity index (χ3v) is 6.51. The Morgan fingerprint density at radius 3 is 2.66 bits per heavy atom. The molecule has 0 bridgehead atoms. The second-order valence-corrected chi connectivity index (χ2v) is 8.79. The highest BCUT2D eigenvalue weighted by molar-refractivity contribution is 6.33. The molecule has 2 aromatic carbocycles. The largest absolute Gasteiger partial charge is 0.399 e. The normalized spacial score (nSPS) is 18.8. The van der Waals surface area contributed by atoms with Gasteiger partial charge in [-0.3, -0.25) is 0 Å². The molecular formula is C25H26ClN5O. The van der Waals surface area contributed by atoms with Crippen molar-refractivity contribution < 1.29 is 4.74 Å². The summed E-state index contributed by atoms with van der Waals surface area (Å²) in [5, 5.41) is 1.62. The fourth-order valence-corrected chi connectivity index (χ4v) is 4.85. The fraction of sp³-hybridized carbons (Fsp3) is 0.280. The van der Waals surface area contributed by atoms with E-state index < -0.39 is 0 Å². The van der Waals surface area contributed by atoms with Crippen LogP contribution in [0.3, 0.4) is 0 Å². The number of nitrogen functional groups attached to an aromatic ring is 2. The number of anilines is 2. The summed E-state index contributed by atoms with van der Waals surface area (Å²) in [6.45, 7) is 0.602. The minimum Gasteiger partial charge on any atom is -0.399 e. The molecule has 6 nitrogen and oxygen atoms in total. The second-order valence-electron chi connectivity index (χ2n) is 8.38. The lowest BCUT2D eigenvalue weighted by molar-refractivity contribution is 0.00879. The first-order valence-electron chi connectivity index (χ1n) is 10.9.